The van der Waals surface area contributed by atoms with Crippen LogP contribution in [0.2, 0.25) is 5.15 Å². The van der Waals surface area contributed by atoms with Gasteiger partial charge in [-0.1, -0.05) is 11.6 Å². The van der Waals surface area contributed by atoms with Crippen LogP contribution in [0, 0.1) is 5.82 Å². The van der Waals surface area contributed by atoms with Crippen molar-refractivity contribution in [2.75, 3.05) is 14.1 Å². The predicted molar refractivity (Wildman–Crippen MR) is 81.2 cm³/mol. The summed E-state index contributed by atoms with van der Waals surface area (Å²) >= 11 is 6.07. The van der Waals surface area contributed by atoms with Gasteiger partial charge in [0.15, 0.2) is 0 Å². The van der Waals surface area contributed by atoms with Crippen LogP contribution in [0.1, 0.15) is 5.69 Å². The molecular weight excluding hydrogens is 291 g/mol. The molecule has 0 aliphatic rings. The van der Waals surface area contributed by atoms with E-state index in [1.807, 2.05) is 19.0 Å². The van der Waals surface area contributed by atoms with Crippen LogP contribution in [0.25, 0.3) is 16.6 Å². The molecule has 2 aromatic heterocycles. The van der Waals surface area contributed by atoms with E-state index >= 15 is 0 Å². The fraction of sp³-hybridized carbons (Fsp3) is 0.200. The van der Waals surface area contributed by atoms with E-state index in [-0.39, 0.29) is 5.82 Å². The monoisotopic (exact) mass is 304 g/mol. The van der Waals surface area contributed by atoms with Crippen molar-refractivity contribution in [1.29, 1.82) is 0 Å². The Kier molecular flexibility index (Phi) is 3.61. The molecule has 0 spiro atoms. The van der Waals surface area contributed by atoms with Gasteiger partial charge < -0.3 is 4.90 Å². The molecule has 1 aromatic carbocycles. The van der Waals surface area contributed by atoms with Crippen LogP contribution >= 0.6 is 11.6 Å². The van der Waals surface area contributed by atoms with Crippen molar-refractivity contribution in [1.82, 2.24) is 19.7 Å². The summed E-state index contributed by atoms with van der Waals surface area (Å²) in [5, 5.41) is 5.74. The Hall–Kier alpha value is -1.98. The molecule has 0 aliphatic heterocycles. The fourth-order valence-electron chi connectivity index (χ4n) is 2.29. The number of halogens is 2. The first-order chi connectivity index (χ1) is 10.0. The minimum atomic E-state index is -0.273. The van der Waals surface area contributed by atoms with E-state index in [1.165, 1.54) is 12.1 Å². The maximum atomic E-state index is 13.1. The summed E-state index contributed by atoms with van der Waals surface area (Å²) in [5.41, 5.74) is 2.51. The van der Waals surface area contributed by atoms with Gasteiger partial charge in [0.25, 0.3) is 0 Å². The van der Waals surface area contributed by atoms with Gasteiger partial charge in [-0.05, 0) is 44.4 Å². The molecule has 0 unspecified atom stereocenters. The lowest BCUT2D eigenvalue weighted by Gasteiger charge is -2.12. The summed E-state index contributed by atoms with van der Waals surface area (Å²) in [6.45, 7) is 0.643. The van der Waals surface area contributed by atoms with Gasteiger partial charge in [0.2, 0.25) is 0 Å². The largest absolute Gasteiger partial charge is 0.303 e. The van der Waals surface area contributed by atoms with E-state index in [4.69, 9.17) is 11.6 Å². The number of aromatic nitrogens is 3. The molecule has 0 amide bonds. The van der Waals surface area contributed by atoms with Gasteiger partial charge in [0.1, 0.15) is 11.0 Å². The van der Waals surface area contributed by atoms with Crippen LogP contribution in [-0.2, 0) is 6.54 Å². The summed E-state index contributed by atoms with van der Waals surface area (Å²) in [7, 11) is 3.93. The van der Waals surface area contributed by atoms with Gasteiger partial charge in [-0.3, -0.25) is 0 Å². The van der Waals surface area contributed by atoms with Crippen LogP contribution in [0.15, 0.2) is 36.5 Å². The molecule has 3 rings (SSSR count). The minimum absolute atomic E-state index is 0.273. The number of nitrogens with zero attached hydrogens (tertiary/aromatic N) is 4. The molecule has 0 fully saturated rings. The van der Waals surface area contributed by atoms with Crippen molar-refractivity contribution < 1.29 is 4.39 Å². The maximum Gasteiger partial charge on any atom is 0.130 e. The molecule has 4 nitrogen and oxygen atoms in total. The molecule has 0 radical (unpaired) electrons. The lowest BCUT2D eigenvalue weighted by atomic mass is 10.2. The number of hydrogen-bond acceptors (Lipinski definition) is 3. The van der Waals surface area contributed by atoms with Crippen molar-refractivity contribution in [3.05, 3.63) is 53.2 Å². The van der Waals surface area contributed by atoms with E-state index in [9.17, 15) is 4.39 Å². The van der Waals surface area contributed by atoms with Gasteiger partial charge >= 0.3 is 0 Å². The third-order valence-corrected chi connectivity index (χ3v) is 3.32. The molecular formula is C15H14ClFN4. The Morgan fingerprint density at radius 1 is 1.24 bits per heavy atom. The highest BCUT2D eigenvalue weighted by Gasteiger charge is 2.13. The molecule has 0 saturated heterocycles. The molecule has 0 N–H and O–H groups in total. The second kappa shape index (κ2) is 5.42. The number of rotatable bonds is 3. The zero-order valence-corrected chi connectivity index (χ0v) is 12.5. The standard InChI is InChI=1S/C15H14ClFN4/c1-20(2)9-13-15-10(7-14(16)19-13)8-18-21(15)12-5-3-11(17)4-6-12/h3-8H,9H2,1-2H3. The van der Waals surface area contributed by atoms with E-state index in [1.54, 1.807) is 29.1 Å². The first kappa shape index (κ1) is 14.0. The molecule has 3 aromatic rings. The topological polar surface area (TPSA) is 34.0 Å². The highest BCUT2D eigenvalue weighted by molar-refractivity contribution is 6.30. The maximum absolute atomic E-state index is 13.1. The van der Waals surface area contributed by atoms with E-state index in [0.717, 1.165) is 22.3 Å². The van der Waals surface area contributed by atoms with E-state index in [0.29, 0.717) is 11.7 Å². The summed E-state index contributed by atoms with van der Waals surface area (Å²) < 4.78 is 14.8. The molecule has 0 saturated carbocycles. The van der Waals surface area contributed by atoms with Crippen LogP contribution in [0.3, 0.4) is 0 Å². The lowest BCUT2D eigenvalue weighted by Crippen LogP contribution is -2.13. The molecule has 6 heteroatoms. The number of pyridine rings is 1. The average molecular weight is 305 g/mol. The van der Waals surface area contributed by atoms with Crippen LogP contribution in [-0.4, -0.2) is 33.8 Å². The van der Waals surface area contributed by atoms with Gasteiger partial charge in [0.05, 0.1) is 23.1 Å². The molecule has 0 bridgehead atoms. The third kappa shape index (κ3) is 2.75. The van der Waals surface area contributed by atoms with Gasteiger partial charge in [-0.15, -0.1) is 0 Å². The Labute approximate surface area is 126 Å². The summed E-state index contributed by atoms with van der Waals surface area (Å²) in [5.74, 6) is -0.273. The number of benzene rings is 1. The van der Waals surface area contributed by atoms with Crippen molar-refractivity contribution in [2.24, 2.45) is 0 Å². The first-order valence-electron chi connectivity index (χ1n) is 6.48. The molecule has 0 atom stereocenters. The second-order valence-electron chi connectivity index (χ2n) is 5.10. The summed E-state index contributed by atoms with van der Waals surface area (Å²) in [4.78, 5) is 6.42. The Bertz CT molecular complexity index is 780. The summed E-state index contributed by atoms with van der Waals surface area (Å²) in [6, 6.07) is 7.99. The van der Waals surface area contributed by atoms with Gasteiger partial charge in [-0.2, -0.15) is 5.10 Å². The Morgan fingerprint density at radius 3 is 2.62 bits per heavy atom. The van der Waals surface area contributed by atoms with Crippen molar-refractivity contribution in [2.45, 2.75) is 6.54 Å². The lowest BCUT2D eigenvalue weighted by molar-refractivity contribution is 0.398. The zero-order chi connectivity index (χ0) is 15.0. The van der Waals surface area contributed by atoms with E-state index in [2.05, 4.69) is 10.1 Å². The molecule has 0 aliphatic carbocycles. The van der Waals surface area contributed by atoms with Crippen molar-refractivity contribution in [3.63, 3.8) is 0 Å². The number of fused-ring (bicyclic) bond motifs is 1. The zero-order valence-electron chi connectivity index (χ0n) is 11.7. The van der Waals surface area contributed by atoms with Gasteiger partial charge in [-0.25, -0.2) is 14.1 Å². The molecule has 21 heavy (non-hydrogen) atoms. The molecule has 2 heterocycles. The third-order valence-electron chi connectivity index (χ3n) is 3.12. The minimum Gasteiger partial charge on any atom is -0.303 e. The van der Waals surface area contributed by atoms with Crippen LogP contribution in [0.4, 0.5) is 4.39 Å². The van der Waals surface area contributed by atoms with Crippen molar-refractivity contribution in [3.8, 4) is 5.69 Å². The highest BCUT2D eigenvalue weighted by atomic mass is 35.5. The van der Waals surface area contributed by atoms with E-state index < -0.39 is 0 Å². The smallest absolute Gasteiger partial charge is 0.130 e. The average Bonchev–Trinajstić information content (AvgIpc) is 2.82. The number of hydrogen-bond donors (Lipinski definition) is 0. The highest BCUT2D eigenvalue weighted by Crippen LogP contribution is 2.24. The predicted octanol–water partition coefficient (Wildman–Crippen LogP) is 3.27. The van der Waals surface area contributed by atoms with Gasteiger partial charge in [0, 0.05) is 11.9 Å². The fourth-order valence-corrected chi connectivity index (χ4v) is 2.51. The Balaban J connectivity index is 2.22. The summed E-state index contributed by atoms with van der Waals surface area (Å²) in [6.07, 6.45) is 1.74. The SMILES string of the molecule is CN(C)Cc1nc(Cl)cc2cnn(-c3ccc(F)cc3)c12. The first-order valence-corrected chi connectivity index (χ1v) is 6.86. The van der Waals surface area contributed by atoms with Crippen molar-refractivity contribution >= 4 is 22.5 Å². The van der Waals surface area contributed by atoms with Crippen LogP contribution in [0.5, 0.6) is 0 Å². The quantitative estimate of drug-likeness (QED) is 0.696. The van der Waals surface area contributed by atoms with Crippen LogP contribution < -0.4 is 0 Å². The molecule has 108 valence electrons. The Morgan fingerprint density at radius 2 is 1.95 bits per heavy atom. The second-order valence-corrected chi connectivity index (χ2v) is 5.49. The normalized spacial score (nSPS) is 11.5.